The number of nitrogens with zero attached hydrogens (tertiary/aromatic N) is 5. The first-order valence-electron chi connectivity index (χ1n) is 7.21. The normalized spacial score (nSPS) is 14.3. The summed E-state index contributed by atoms with van der Waals surface area (Å²) >= 11 is 0. The third-order valence-electron chi connectivity index (χ3n) is 3.59. The van der Waals surface area contributed by atoms with Crippen LogP contribution in [0, 0.1) is 0 Å². The maximum absolute atomic E-state index is 4.54. The zero-order valence-electron chi connectivity index (χ0n) is 12.5. The highest BCUT2D eigenvalue weighted by Crippen LogP contribution is 2.20. The third-order valence-corrected chi connectivity index (χ3v) is 3.59. The molecule has 0 unspecified atom stereocenters. The largest absolute Gasteiger partial charge is 0.378 e. The Morgan fingerprint density at radius 1 is 1.10 bits per heavy atom. The van der Waals surface area contributed by atoms with Crippen LogP contribution in [-0.2, 0) is 0 Å². The molecule has 2 aromatic rings. The minimum atomic E-state index is 0.711. The minimum absolute atomic E-state index is 0.711. The smallest absolute Gasteiger partial charge is 0.247 e. The lowest BCUT2D eigenvalue weighted by molar-refractivity contribution is 0.852. The average Bonchev–Trinajstić information content (AvgIpc) is 3.02. The molecule has 3 rings (SSSR count). The molecule has 1 aromatic carbocycles. The average molecular weight is 284 g/mol. The van der Waals surface area contributed by atoms with E-state index in [0.717, 1.165) is 24.6 Å². The molecule has 0 aliphatic carbocycles. The van der Waals surface area contributed by atoms with Gasteiger partial charge in [0.15, 0.2) is 5.82 Å². The van der Waals surface area contributed by atoms with Crippen LogP contribution >= 0.6 is 0 Å². The van der Waals surface area contributed by atoms with Gasteiger partial charge >= 0.3 is 0 Å². The molecule has 6 nitrogen and oxygen atoms in total. The number of nitrogens with one attached hydrogen (secondary N) is 1. The van der Waals surface area contributed by atoms with Crippen LogP contribution in [0.2, 0.25) is 0 Å². The van der Waals surface area contributed by atoms with Crippen molar-refractivity contribution in [1.29, 1.82) is 0 Å². The van der Waals surface area contributed by atoms with Gasteiger partial charge in [0, 0.05) is 38.6 Å². The summed E-state index contributed by atoms with van der Waals surface area (Å²) in [6.07, 6.45) is 4.06. The van der Waals surface area contributed by atoms with E-state index in [4.69, 9.17) is 0 Å². The number of benzene rings is 1. The Morgan fingerprint density at radius 3 is 2.48 bits per heavy atom. The molecule has 1 aliphatic rings. The van der Waals surface area contributed by atoms with Gasteiger partial charge in [0.05, 0.1) is 6.20 Å². The van der Waals surface area contributed by atoms with E-state index in [-0.39, 0.29) is 0 Å². The molecular formula is C15H20N6. The Morgan fingerprint density at radius 2 is 1.81 bits per heavy atom. The molecule has 0 bridgehead atoms. The summed E-state index contributed by atoms with van der Waals surface area (Å²) in [7, 11) is 4.05. The quantitative estimate of drug-likeness (QED) is 0.929. The van der Waals surface area contributed by atoms with Crippen LogP contribution in [0.5, 0.6) is 0 Å². The summed E-state index contributed by atoms with van der Waals surface area (Å²) in [4.78, 5) is 8.78. The number of rotatable bonds is 4. The highest BCUT2D eigenvalue weighted by Gasteiger charge is 2.15. The summed E-state index contributed by atoms with van der Waals surface area (Å²) in [6.45, 7) is 2.03. The Bertz CT molecular complexity index is 589. The van der Waals surface area contributed by atoms with E-state index in [9.17, 15) is 0 Å². The van der Waals surface area contributed by atoms with E-state index in [2.05, 4.69) is 42.4 Å². The monoisotopic (exact) mass is 284 g/mol. The molecule has 1 N–H and O–H groups in total. The summed E-state index contributed by atoms with van der Waals surface area (Å²) < 4.78 is 0. The zero-order valence-corrected chi connectivity index (χ0v) is 12.5. The third kappa shape index (κ3) is 3.21. The summed E-state index contributed by atoms with van der Waals surface area (Å²) in [5.74, 6) is 1.44. The molecule has 1 aromatic heterocycles. The molecule has 0 amide bonds. The molecular weight excluding hydrogens is 264 g/mol. The standard InChI is InChI=1S/C15H20N6/c1-20(2)13-7-5-12(6-8-13)17-14-11-16-19-15(18-14)21-9-3-4-10-21/h5-8,11H,3-4,9-10H2,1-2H3,(H,17,18,19). The molecule has 0 saturated carbocycles. The van der Waals surface area contributed by atoms with Gasteiger partial charge < -0.3 is 15.1 Å². The second-order valence-corrected chi connectivity index (χ2v) is 5.40. The first kappa shape index (κ1) is 13.6. The molecule has 0 spiro atoms. The number of hydrogen-bond acceptors (Lipinski definition) is 6. The predicted octanol–water partition coefficient (Wildman–Crippen LogP) is 2.28. The van der Waals surface area contributed by atoms with Crippen molar-refractivity contribution >= 4 is 23.1 Å². The van der Waals surface area contributed by atoms with Crippen molar-refractivity contribution in [3.05, 3.63) is 30.5 Å². The molecule has 21 heavy (non-hydrogen) atoms. The summed E-state index contributed by atoms with van der Waals surface area (Å²) in [5, 5.41) is 11.4. The van der Waals surface area contributed by atoms with E-state index in [1.807, 2.05) is 26.2 Å². The Balaban J connectivity index is 1.73. The van der Waals surface area contributed by atoms with E-state index >= 15 is 0 Å². The molecule has 1 saturated heterocycles. The SMILES string of the molecule is CN(C)c1ccc(Nc2cnnc(N3CCCC3)n2)cc1. The van der Waals surface area contributed by atoms with Crippen molar-refractivity contribution in [3.63, 3.8) is 0 Å². The molecule has 1 aliphatic heterocycles. The van der Waals surface area contributed by atoms with Gasteiger partial charge in [0.2, 0.25) is 5.95 Å². The number of hydrogen-bond donors (Lipinski definition) is 1. The Kier molecular flexibility index (Phi) is 3.85. The highest BCUT2D eigenvalue weighted by molar-refractivity contribution is 5.60. The van der Waals surface area contributed by atoms with Crippen LogP contribution in [0.15, 0.2) is 30.5 Å². The second-order valence-electron chi connectivity index (χ2n) is 5.40. The van der Waals surface area contributed by atoms with Crippen LogP contribution in [0.1, 0.15) is 12.8 Å². The van der Waals surface area contributed by atoms with Crippen molar-refractivity contribution in [1.82, 2.24) is 15.2 Å². The second kappa shape index (κ2) is 5.95. The molecule has 2 heterocycles. The fraction of sp³-hybridized carbons (Fsp3) is 0.400. The maximum atomic E-state index is 4.54. The Labute approximate surface area is 124 Å². The van der Waals surface area contributed by atoms with E-state index in [0.29, 0.717) is 5.95 Å². The van der Waals surface area contributed by atoms with Crippen LogP contribution in [0.25, 0.3) is 0 Å². The van der Waals surface area contributed by atoms with Crippen LogP contribution < -0.4 is 15.1 Å². The molecule has 1 fully saturated rings. The first-order valence-corrected chi connectivity index (χ1v) is 7.21. The summed E-state index contributed by atoms with van der Waals surface area (Å²) in [5.41, 5.74) is 2.16. The fourth-order valence-corrected chi connectivity index (χ4v) is 2.40. The molecule has 6 heteroatoms. The van der Waals surface area contributed by atoms with Crippen molar-refractivity contribution in [2.75, 3.05) is 42.3 Å². The highest BCUT2D eigenvalue weighted by atomic mass is 15.3. The van der Waals surface area contributed by atoms with Crippen LogP contribution in [0.3, 0.4) is 0 Å². The molecule has 110 valence electrons. The lowest BCUT2D eigenvalue weighted by Crippen LogP contribution is -2.21. The summed E-state index contributed by atoms with van der Waals surface area (Å²) in [6, 6.07) is 8.20. The van der Waals surface area contributed by atoms with Crippen molar-refractivity contribution in [3.8, 4) is 0 Å². The fourth-order valence-electron chi connectivity index (χ4n) is 2.40. The van der Waals surface area contributed by atoms with Crippen LogP contribution in [0.4, 0.5) is 23.1 Å². The Hall–Kier alpha value is -2.37. The van der Waals surface area contributed by atoms with Gasteiger partial charge in [-0.25, -0.2) is 0 Å². The minimum Gasteiger partial charge on any atom is -0.378 e. The van der Waals surface area contributed by atoms with E-state index < -0.39 is 0 Å². The van der Waals surface area contributed by atoms with Gasteiger partial charge in [-0.15, -0.1) is 5.10 Å². The van der Waals surface area contributed by atoms with Gasteiger partial charge in [-0.3, -0.25) is 0 Å². The maximum Gasteiger partial charge on any atom is 0.247 e. The topological polar surface area (TPSA) is 57.2 Å². The lowest BCUT2D eigenvalue weighted by atomic mass is 10.2. The van der Waals surface area contributed by atoms with Crippen molar-refractivity contribution in [2.24, 2.45) is 0 Å². The van der Waals surface area contributed by atoms with Gasteiger partial charge in [-0.05, 0) is 37.1 Å². The van der Waals surface area contributed by atoms with Gasteiger partial charge in [-0.1, -0.05) is 0 Å². The van der Waals surface area contributed by atoms with Gasteiger partial charge in [0.25, 0.3) is 0 Å². The van der Waals surface area contributed by atoms with E-state index in [1.54, 1.807) is 6.20 Å². The predicted molar refractivity (Wildman–Crippen MR) is 85.3 cm³/mol. The first-order chi connectivity index (χ1) is 10.2. The van der Waals surface area contributed by atoms with Crippen molar-refractivity contribution in [2.45, 2.75) is 12.8 Å². The van der Waals surface area contributed by atoms with E-state index in [1.165, 1.54) is 18.5 Å². The lowest BCUT2D eigenvalue weighted by Gasteiger charge is -2.15. The molecule has 0 atom stereocenters. The van der Waals surface area contributed by atoms with Gasteiger partial charge in [0.1, 0.15) is 0 Å². The number of anilines is 4. The van der Waals surface area contributed by atoms with Crippen LogP contribution in [-0.4, -0.2) is 42.4 Å². The zero-order chi connectivity index (χ0) is 14.7. The van der Waals surface area contributed by atoms with Crippen molar-refractivity contribution < 1.29 is 0 Å². The van der Waals surface area contributed by atoms with Gasteiger partial charge in [-0.2, -0.15) is 10.1 Å². The molecule has 0 radical (unpaired) electrons. The number of aromatic nitrogens is 3.